The Labute approximate surface area is 84.4 Å². The summed E-state index contributed by atoms with van der Waals surface area (Å²) < 4.78 is 4.92. The van der Waals surface area contributed by atoms with Gasteiger partial charge < -0.3 is 10.5 Å². The maximum atomic E-state index is 10.6. The Kier molecular flexibility index (Phi) is 7.80. The summed E-state index contributed by atoms with van der Waals surface area (Å²) in [6, 6.07) is 2.06. The van der Waals surface area contributed by atoms with Crippen molar-refractivity contribution in [2.24, 2.45) is 5.73 Å². The number of nitrogens with two attached hydrogens (primary N) is 1. The summed E-state index contributed by atoms with van der Waals surface area (Å²) in [5, 5.41) is 8.42. The van der Waals surface area contributed by atoms with Gasteiger partial charge in [-0.3, -0.25) is 9.69 Å². The van der Waals surface area contributed by atoms with Crippen LogP contribution in [0.1, 0.15) is 12.8 Å². The molecular formula is C9H17N3O2. The van der Waals surface area contributed by atoms with Gasteiger partial charge in [-0.25, -0.2) is 0 Å². The third kappa shape index (κ3) is 7.53. The number of hydrogen-bond donors (Lipinski definition) is 1. The van der Waals surface area contributed by atoms with Gasteiger partial charge in [-0.2, -0.15) is 5.26 Å². The summed E-state index contributed by atoms with van der Waals surface area (Å²) in [5.74, 6) is -0.315. The van der Waals surface area contributed by atoms with Crippen molar-refractivity contribution in [3.8, 4) is 6.07 Å². The molecule has 0 saturated carbocycles. The van der Waals surface area contributed by atoms with Crippen LogP contribution in [0.25, 0.3) is 0 Å². The van der Waals surface area contributed by atoms with Crippen LogP contribution >= 0.6 is 0 Å². The molecule has 2 N–H and O–H groups in total. The van der Waals surface area contributed by atoms with E-state index in [0.717, 1.165) is 6.54 Å². The molecule has 0 atom stereocenters. The zero-order valence-corrected chi connectivity index (χ0v) is 8.53. The van der Waals surface area contributed by atoms with Gasteiger partial charge in [0, 0.05) is 39.6 Å². The molecule has 0 spiro atoms. The van der Waals surface area contributed by atoms with Gasteiger partial charge in [-0.15, -0.1) is 0 Å². The molecule has 5 heteroatoms. The molecule has 1 amide bonds. The summed E-state index contributed by atoms with van der Waals surface area (Å²) in [4.78, 5) is 12.5. The van der Waals surface area contributed by atoms with Gasteiger partial charge in [0.05, 0.1) is 12.7 Å². The van der Waals surface area contributed by atoms with Crippen LogP contribution in [0, 0.1) is 11.3 Å². The van der Waals surface area contributed by atoms with E-state index >= 15 is 0 Å². The fourth-order valence-electron chi connectivity index (χ4n) is 1.03. The lowest BCUT2D eigenvalue weighted by Crippen LogP contribution is -2.31. The van der Waals surface area contributed by atoms with Gasteiger partial charge in [0.1, 0.15) is 0 Å². The topological polar surface area (TPSA) is 79.3 Å². The lowest BCUT2D eigenvalue weighted by atomic mass is 10.3. The molecule has 5 nitrogen and oxygen atoms in total. The number of amides is 1. The Hall–Kier alpha value is -1.12. The van der Waals surface area contributed by atoms with Crippen LogP contribution in [-0.4, -0.2) is 44.2 Å². The van der Waals surface area contributed by atoms with E-state index < -0.39 is 0 Å². The van der Waals surface area contributed by atoms with E-state index in [0.29, 0.717) is 32.5 Å². The van der Waals surface area contributed by atoms with Gasteiger partial charge in [0.2, 0.25) is 5.91 Å². The van der Waals surface area contributed by atoms with E-state index in [-0.39, 0.29) is 5.91 Å². The molecule has 0 aliphatic rings. The van der Waals surface area contributed by atoms with Gasteiger partial charge in [-0.05, 0) is 0 Å². The normalized spacial score (nSPS) is 10.1. The first-order valence-electron chi connectivity index (χ1n) is 4.57. The highest BCUT2D eigenvalue weighted by Gasteiger charge is 2.05. The summed E-state index contributed by atoms with van der Waals surface area (Å²) in [7, 11) is 1.62. The van der Waals surface area contributed by atoms with Crippen molar-refractivity contribution in [2.75, 3.05) is 33.4 Å². The Morgan fingerprint density at radius 2 is 2.21 bits per heavy atom. The molecule has 0 fully saturated rings. The van der Waals surface area contributed by atoms with Crippen molar-refractivity contribution in [3.63, 3.8) is 0 Å². The molecule has 0 unspecified atom stereocenters. The minimum Gasteiger partial charge on any atom is -0.383 e. The third-order valence-electron chi connectivity index (χ3n) is 1.83. The minimum absolute atomic E-state index is 0.315. The largest absolute Gasteiger partial charge is 0.383 e. The van der Waals surface area contributed by atoms with E-state index in [1.165, 1.54) is 0 Å². The number of primary amides is 1. The molecule has 0 radical (unpaired) electrons. The van der Waals surface area contributed by atoms with E-state index in [1.54, 1.807) is 7.11 Å². The molecule has 0 aromatic heterocycles. The van der Waals surface area contributed by atoms with Gasteiger partial charge in [0.15, 0.2) is 0 Å². The first-order chi connectivity index (χ1) is 6.70. The lowest BCUT2D eigenvalue weighted by Gasteiger charge is -2.19. The van der Waals surface area contributed by atoms with Crippen molar-refractivity contribution >= 4 is 5.91 Å². The van der Waals surface area contributed by atoms with Crippen LogP contribution in [0.2, 0.25) is 0 Å². The highest BCUT2D eigenvalue weighted by atomic mass is 16.5. The van der Waals surface area contributed by atoms with E-state index in [4.69, 9.17) is 15.7 Å². The van der Waals surface area contributed by atoms with Crippen LogP contribution in [0.3, 0.4) is 0 Å². The fourth-order valence-corrected chi connectivity index (χ4v) is 1.03. The first kappa shape index (κ1) is 12.9. The Bertz CT molecular complexity index is 201. The first-order valence-corrected chi connectivity index (χ1v) is 4.57. The summed E-state index contributed by atoms with van der Waals surface area (Å²) in [5.41, 5.74) is 5.04. The zero-order chi connectivity index (χ0) is 10.8. The summed E-state index contributed by atoms with van der Waals surface area (Å²) in [6.07, 6.45) is 0.789. The van der Waals surface area contributed by atoms with Gasteiger partial charge in [-0.1, -0.05) is 0 Å². The number of methoxy groups -OCH3 is 1. The molecular weight excluding hydrogens is 182 g/mol. The van der Waals surface area contributed by atoms with E-state index in [1.807, 2.05) is 4.90 Å². The molecule has 0 aliphatic carbocycles. The van der Waals surface area contributed by atoms with Crippen molar-refractivity contribution in [3.05, 3.63) is 0 Å². The predicted molar refractivity (Wildman–Crippen MR) is 52.4 cm³/mol. The molecule has 80 valence electrons. The fraction of sp³-hybridized carbons (Fsp3) is 0.778. The SMILES string of the molecule is COCCN(CCC#N)CCC(N)=O. The average Bonchev–Trinajstić information content (AvgIpc) is 2.16. The lowest BCUT2D eigenvalue weighted by molar-refractivity contribution is -0.118. The highest BCUT2D eigenvalue weighted by Crippen LogP contribution is 1.93. The smallest absolute Gasteiger partial charge is 0.218 e. The number of nitrogens with zero attached hydrogens (tertiary/aromatic N) is 2. The molecule has 14 heavy (non-hydrogen) atoms. The maximum absolute atomic E-state index is 10.6. The van der Waals surface area contributed by atoms with Crippen molar-refractivity contribution in [1.82, 2.24) is 4.90 Å². The number of hydrogen-bond acceptors (Lipinski definition) is 4. The molecule has 0 aliphatic heterocycles. The maximum Gasteiger partial charge on any atom is 0.218 e. The zero-order valence-electron chi connectivity index (χ0n) is 8.53. The number of carbonyl (C=O) groups is 1. The number of carbonyl (C=O) groups excluding carboxylic acids is 1. The third-order valence-corrected chi connectivity index (χ3v) is 1.83. The molecule has 0 saturated heterocycles. The predicted octanol–water partition coefficient (Wildman–Crippen LogP) is -0.276. The average molecular weight is 199 g/mol. The second-order valence-corrected chi connectivity index (χ2v) is 2.96. The Morgan fingerprint density at radius 1 is 1.50 bits per heavy atom. The molecule has 0 heterocycles. The second-order valence-electron chi connectivity index (χ2n) is 2.96. The van der Waals surface area contributed by atoms with Crippen molar-refractivity contribution < 1.29 is 9.53 Å². The molecule has 0 aromatic carbocycles. The van der Waals surface area contributed by atoms with E-state index in [9.17, 15) is 4.79 Å². The minimum atomic E-state index is -0.315. The molecule has 0 bridgehead atoms. The van der Waals surface area contributed by atoms with Crippen molar-refractivity contribution in [1.29, 1.82) is 5.26 Å². The Morgan fingerprint density at radius 3 is 2.71 bits per heavy atom. The van der Waals surface area contributed by atoms with Crippen LogP contribution in [-0.2, 0) is 9.53 Å². The number of rotatable bonds is 8. The van der Waals surface area contributed by atoms with E-state index in [2.05, 4.69) is 6.07 Å². The van der Waals surface area contributed by atoms with Gasteiger partial charge >= 0.3 is 0 Å². The standard InChI is InChI=1S/C9H17N3O2/c1-14-8-7-12(5-2-4-10)6-3-9(11)13/h2-3,5-8H2,1H3,(H2,11,13). The molecule has 0 rings (SSSR count). The van der Waals surface area contributed by atoms with Crippen LogP contribution < -0.4 is 5.73 Å². The number of nitriles is 1. The van der Waals surface area contributed by atoms with Crippen LogP contribution in [0.5, 0.6) is 0 Å². The molecule has 0 aromatic rings. The number of ether oxygens (including phenoxy) is 1. The van der Waals surface area contributed by atoms with Gasteiger partial charge in [0.25, 0.3) is 0 Å². The Balaban J connectivity index is 3.72. The summed E-state index contributed by atoms with van der Waals surface area (Å²) in [6.45, 7) is 2.59. The van der Waals surface area contributed by atoms with Crippen LogP contribution in [0.4, 0.5) is 0 Å². The highest BCUT2D eigenvalue weighted by molar-refractivity contribution is 5.73. The quantitative estimate of drug-likeness (QED) is 0.583. The summed E-state index contributed by atoms with van der Waals surface area (Å²) >= 11 is 0. The van der Waals surface area contributed by atoms with Crippen molar-refractivity contribution in [2.45, 2.75) is 12.8 Å². The second kappa shape index (κ2) is 8.48. The monoisotopic (exact) mass is 199 g/mol. The van der Waals surface area contributed by atoms with Crippen LogP contribution in [0.15, 0.2) is 0 Å².